The molecule has 22 heavy (non-hydrogen) atoms. The van der Waals surface area contributed by atoms with Crippen LogP contribution in [0.25, 0.3) is 22.0 Å². The molecule has 4 heteroatoms. The molecule has 0 atom stereocenters. The lowest BCUT2D eigenvalue weighted by molar-refractivity contribution is 0.632. The molecule has 0 saturated heterocycles. The zero-order valence-electron chi connectivity index (χ0n) is 12.1. The van der Waals surface area contributed by atoms with Crippen LogP contribution >= 0.6 is 0 Å². The third-order valence-corrected chi connectivity index (χ3v) is 4.22. The maximum absolute atomic E-state index is 14.4. The van der Waals surface area contributed by atoms with Crippen LogP contribution in [-0.2, 0) is 6.42 Å². The van der Waals surface area contributed by atoms with Crippen molar-refractivity contribution in [2.24, 2.45) is 5.92 Å². The van der Waals surface area contributed by atoms with E-state index in [1.54, 1.807) is 18.5 Å². The second-order valence-electron chi connectivity index (χ2n) is 5.91. The summed E-state index contributed by atoms with van der Waals surface area (Å²) in [6, 6.07) is 8.98. The van der Waals surface area contributed by atoms with Crippen molar-refractivity contribution in [2.45, 2.75) is 19.3 Å². The number of nitrogen functional groups attached to an aromatic ring is 1. The topological polar surface area (TPSA) is 51.8 Å². The van der Waals surface area contributed by atoms with E-state index in [0.717, 1.165) is 22.9 Å². The number of aromatic nitrogens is 2. The zero-order chi connectivity index (χ0) is 15.1. The van der Waals surface area contributed by atoms with Crippen LogP contribution in [0.15, 0.2) is 42.7 Å². The molecule has 0 spiro atoms. The third kappa shape index (κ3) is 2.30. The van der Waals surface area contributed by atoms with E-state index in [9.17, 15) is 4.39 Å². The molecule has 0 radical (unpaired) electrons. The van der Waals surface area contributed by atoms with Gasteiger partial charge in [-0.15, -0.1) is 0 Å². The minimum absolute atomic E-state index is 0.282. The van der Waals surface area contributed by atoms with E-state index in [2.05, 4.69) is 9.97 Å². The van der Waals surface area contributed by atoms with Crippen molar-refractivity contribution in [3.05, 3.63) is 54.1 Å². The molecule has 0 amide bonds. The highest BCUT2D eigenvalue weighted by molar-refractivity contribution is 5.93. The predicted molar refractivity (Wildman–Crippen MR) is 85.8 cm³/mol. The summed E-state index contributed by atoms with van der Waals surface area (Å²) >= 11 is 0. The van der Waals surface area contributed by atoms with Gasteiger partial charge in [0.25, 0.3) is 0 Å². The van der Waals surface area contributed by atoms with Crippen molar-refractivity contribution in [3.63, 3.8) is 0 Å². The van der Waals surface area contributed by atoms with Crippen LogP contribution in [-0.4, -0.2) is 9.97 Å². The number of benzene rings is 1. The zero-order valence-corrected chi connectivity index (χ0v) is 12.1. The Labute approximate surface area is 128 Å². The van der Waals surface area contributed by atoms with Crippen molar-refractivity contribution >= 4 is 16.7 Å². The molecule has 0 aliphatic heterocycles. The molecule has 1 saturated carbocycles. The summed E-state index contributed by atoms with van der Waals surface area (Å²) in [4.78, 5) is 8.61. The first kappa shape index (κ1) is 13.2. The molecule has 4 rings (SSSR count). The van der Waals surface area contributed by atoms with E-state index in [4.69, 9.17) is 5.73 Å². The first-order valence-corrected chi connectivity index (χ1v) is 7.50. The van der Waals surface area contributed by atoms with Gasteiger partial charge in [-0.05, 0) is 55.0 Å². The average molecular weight is 293 g/mol. The lowest BCUT2D eigenvalue weighted by Gasteiger charge is -2.10. The van der Waals surface area contributed by atoms with Gasteiger partial charge in [0.15, 0.2) is 0 Å². The van der Waals surface area contributed by atoms with Gasteiger partial charge in [0, 0.05) is 28.9 Å². The minimum atomic E-state index is -0.282. The van der Waals surface area contributed by atoms with E-state index in [0.29, 0.717) is 22.8 Å². The molecule has 2 aromatic heterocycles. The number of fused-ring (bicyclic) bond motifs is 1. The average Bonchev–Trinajstić information content (AvgIpc) is 3.34. The number of anilines is 1. The second-order valence-corrected chi connectivity index (χ2v) is 5.91. The Kier molecular flexibility index (Phi) is 3.03. The summed E-state index contributed by atoms with van der Waals surface area (Å²) in [5.74, 6) is 0.967. The summed E-state index contributed by atoms with van der Waals surface area (Å²) in [6.45, 7) is 0. The van der Waals surface area contributed by atoms with Crippen LogP contribution in [0.3, 0.4) is 0 Å². The highest BCUT2D eigenvalue weighted by atomic mass is 19.1. The molecule has 3 aromatic rings. The number of halogens is 1. The number of rotatable bonds is 3. The number of nitrogens with two attached hydrogens (primary N) is 1. The largest absolute Gasteiger partial charge is 0.383 e. The third-order valence-electron chi connectivity index (χ3n) is 4.22. The molecule has 110 valence electrons. The van der Waals surface area contributed by atoms with E-state index in [1.165, 1.54) is 18.9 Å². The Bertz CT molecular complexity index is 856. The molecule has 1 aromatic carbocycles. The van der Waals surface area contributed by atoms with Crippen molar-refractivity contribution in [1.82, 2.24) is 9.97 Å². The van der Waals surface area contributed by atoms with E-state index >= 15 is 0 Å². The van der Waals surface area contributed by atoms with E-state index < -0.39 is 0 Å². The van der Waals surface area contributed by atoms with Gasteiger partial charge < -0.3 is 5.73 Å². The SMILES string of the molecule is Nc1ncc(-c2c(F)ccc3cccnc23)cc1CC1CC1. The van der Waals surface area contributed by atoms with Gasteiger partial charge in [-0.2, -0.15) is 0 Å². The fourth-order valence-corrected chi connectivity index (χ4v) is 2.85. The van der Waals surface area contributed by atoms with Gasteiger partial charge in [0.1, 0.15) is 11.6 Å². The molecule has 0 bridgehead atoms. The first-order chi connectivity index (χ1) is 10.7. The van der Waals surface area contributed by atoms with Crippen LogP contribution < -0.4 is 5.73 Å². The fourth-order valence-electron chi connectivity index (χ4n) is 2.85. The van der Waals surface area contributed by atoms with Gasteiger partial charge >= 0.3 is 0 Å². The molecular formula is C18H16FN3. The molecule has 2 heterocycles. The standard InChI is InChI=1S/C18H16FN3/c19-15-6-5-12-2-1-7-21-17(12)16(15)14-9-13(8-11-3-4-11)18(20)22-10-14/h1-2,5-7,9-11H,3-4,8H2,(H2,20,22). The normalized spacial score (nSPS) is 14.4. The highest BCUT2D eigenvalue weighted by Crippen LogP contribution is 2.36. The number of hydrogen-bond donors (Lipinski definition) is 1. The molecule has 3 nitrogen and oxygen atoms in total. The molecule has 1 aliphatic rings. The van der Waals surface area contributed by atoms with Crippen molar-refractivity contribution in [2.75, 3.05) is 5.73 Å². The summed E-state index contributed by atoms with van der Waals surface area (Å²) in [6.07, 6.45) is 6.73. The van der Waals surface area contributed by atoms with Gasteiger partial charge in [-0.25, -0.2) is 9.37 Å². The molecular weight excluding hydrogens is 277 g/mol. The Morgan fingerprint density at radius 1 is 1.18 bits per heavy atom. The summed E-state index contributed by atoms with van der Waals surface area (Å²) in [7, 11) is 0. The highest BCUT2D eigenvalue weighted by Gasteiger charge is 2.23. The van der Waals surface area contributed by atoms with Crippen molar-refractivity contribution in [1.29, 1.82) is 0 Å². The Hall–Kier alpha value is -2.49. The molecule has 0 unspecified atom stereocenters. The lowest BCUT2D eigenvalue weighted by atomic mass is 9.99. The van der Waals surface area contributed by atoms with Crippen LogP contribution in [0.2, 0.25) is 0 Å². The molecule has 1 aliphatic carbocycles. The van der Waals surface area contributed by atoms with E-state index in [-0.39, 0.29) is 5.82 Å². The van der Waals surface area contributed by atoms with Crippen LogP contribution in [0.4, 0.5) is 10.2 Å². The quantitative estimate of drug-likeness (QED) is 0.795. The number of nitrogens with zero attached hydrogens (tertiary/aromatic N) is 2. The summed E-state index contributed by atoms with van der Waals surface area (Å²) < 4.78 is 14.4. The van der Waals surface area contributed by atoms with Crippen molar-refractivity contribution in [3.8, 4) is 11.1 Å². The fraction of sp³-hybridized carbons (Fsp3) is 0.222. The van der Waals surface area contributed by atoms with Gasteiger partial charge in [-0.3, -0.25) is 4.98 Å². The first-order valence-electron chi connectivity index (χ1n) is 7.50. The maximum atomic E-state index is 14.4. The summed E-state index contributed by atoms with van der Waals surface area (Å²) in [5, 5.41) is 0.916. The molecule has 1 fully saturated rings. The number of hydrogen-bond acceptors (Lipinski definition) is 3. The molecule has 2 N–H and O–H groups in total. The monoisotopic (exact) mass is 293 g/mol. The lowest BCUT2D eigenvalue weighted by Crippen LogP contribution is -2.00. The second kappa shape index (κ2) is 5.05. The summed E-state index contributed by atoms with van der Waals surface area (Å²) in [5.41, 5.74) is 8.88. The van der Waals surface area contributed by atoms with Gasteiger partial charge in [0.05, 0.1) is 5.52 Å². The Morgan fingerprint density at radius 3 is 2.86 bits per heavy atom. The minimum Gasteiger partial charge on any atom is -0.383 e. The number of pyridine rings is 2. The van der Waals surface area contributed by atoms with Crippen molar-refractivity contribution < 1.29 is 4.39 Å². The predicted octanol–water partition coefficient (Wildman–Crippen LogP) is 3.97. The Morgan fingerprint density at radius 2 is 2.05 bits per heavy atom. The van der Waals surface area contributed by atoms with Crippen LogP contribution in [0, 0.1) is 11.7 Å². The van der Waals surface area contributed by atoms with Gasteiger partial charge in [0.2, 0.25) is 0 Å². The smallest absolute Gasteiger partial charge is 0.133 e. The van der Waals surface area contributed by atoms with Gasteiger partial charge in [-0.1, -0.05) is 6.07 Å². The van der Waals surface area contributed by atoms with E-state index in [1.807, 2.05) is 18.2 Å². The maximum Gasteiger partial charge on any atom is 0.133 e. The van der Waals surface area contributed by atoms with Crippen LogP contribution in [0.1, 0.15) is 18.4 Å². The Balaban J connectivity index is 1.89. The van der Waals surface area contributed by atoms with Crippen LogP contribution in [0.5, 0.6) is 0 Å².